The van der Waals surface area contributed by atoms with Gasteiger partial charge in [-0.15, -0.1) is 0 Å². The van der Waals surface area contributed by atoms with Gasteiger partial charge in [-0.3, -0.25) is 14.3 Å². The zero-order valence-electron chi connectivity index (χ0n) is 8.42. The summed E-state index contributed by atoms with van der Waals surface area (Å²) in [4.78, 5) is 18.5. The van der Waals surface area contributed by atoms with Crippen LogP contribution in [0.5, 0.6) is 0 Å². The average molecular weight is 211 g/mol. The smallest absolute Gasteiger partial charge is 0.273 e. The summed E-state index contributed by atoms with van der Waals surface area (Å²) in [5.41, 5.74) is 1.78. The Hall–Kier alpha value is -2.36. The molecular formula is C12H9N3O. The van der Waals surface area contributed by atoms with Crippen LogP contribution in [0.3, 0.4) is 0 Å². The summed E-state index contributed by atoms with van der Waals surface area (Å²) in [6.07, 6.45) is 6.45. The van der Waals surface area contributed by atoms with Crippen LogP contribution < -0.4 is 5.56 Å². The molecule has 1 aromatic carbocycles. The average Bonchev–Trinajstić information content (AvgIpc) is 2.76. The molecule has 0 bridgehead atoms. The Bertz CT molecular complexity index is 696. The van der Waals surface area contributed by atoms with E-state index in [0.717, 1.165) is 16.6 Å². The van der Waals surface area contributed by atoms with Crippen LogP contribution in [0.2, 0.25) is 0 Å². The van der Waals surface area contributed by atoms with E-state index < -0.39 is 0 Å². The number of nitrogens with one attached hydrogen (secondary N) is 1. The van der Waals surface area contributed by atoms with Crippen molar-refractivity contribution < 1.29 is 0 Å². The van der Waals surface area contributed by atoms with Gasteiger partial charge in [-0.2, -0.15) is 0 Å². The normalized spacial score (nSPS) is 10.8. The SMILES string of the molecule is O=c1cnccn1-c1ccc2[nH]ccc2c1. The van der Waals surface area contributed by atoms with Crippen LogP contribution in [0.4, 0.5) is 0 Å². The minimum absolute atomic E-state index is 0.127. The minimum Gasteiger partial charge on any atom is -0.361 e. The largest absolute Gasteiger partial charge is 0.361 e. The van der Waals surface area contributed by atoms with Gasteiger partial charge in [0.15, 0.2) is 0 Å². The molecule has 16 heavy (non-hydrogen) atoms. The fraction of sp³-hybridized carbons (Fsp3) is 0. The van der Waals surface area contributed by atoms with Gasteiger partial charge in [0, 0.05) is 35.2 Å². The first-order valence-corrected chi connectivity index (χ1v) is 4.95. The topological polar surface area (TPSA) is 50.7 Å². The summed E-state index contributed by atoms with van der Waals surface area (Å²) in [7, 11) is 0. The highest BCUT2D eigenvalue weighted by Crippen LogP contribution is 2.15. The highest BCUT2D eigenvalue weighted by molar-refractivity contribution is 5.81. The van der Waals surface area contributed by atoms with E-state index in [2.05, 4.69) is 9.97 Å². The second-order valence-electron chi connectivity index (χ2n) is 3.53. The van der Waals surface area contributed by atoms with Gasteiger partial charge in [0.2, 0.25) is 0 Å². The molecule has 4 nitrogen and oxygen atoms in total. The number of rotatable bonds is 1. The Balaban J connectivity index is 2.26. The fourth-order valence-electron chi connectivity index (χ4n) is 1.75. The van der Waals surface area contributed by atoms with E-state index in [4.69, 9.17) is 0 Å². The van der Waals surface area contributed by atoms with Crippen molar-refractivity contribution >= 4 is 10.9 Å². The van der Waals surface area contributed by atoms with Gasteiger partial charge < -0.3 is 4.98 Å². The standard InChI is InChI=1S/C12H9N3O/c16-12-8-13-5-6-15(12)10-1-2-11-9(7-10)3-4-14-11/h1-8,14H. The zero-order chi connectivity index (χ0) is 11.0. The van der Waals surface area contributed by atoms with Crippen molar-refractivity contribution in [3.63, 3.8) is 0 Å². The summed E-state index contributed by atoms with van der Waals surface area (Å²) < 4.78 is 1.57. The van der Waals surface area contributed by atoms with Crippen molar-refractivity contribution in [2.24, 2.45) is 0 Å². The number of aromatic nitrogens is 3. The van der Waals surface area contributed by atoms with Gasteiger partial charge in [-0.05, 0) is 24.3 Å². The van der Waals surface area contributed by atoms with E-state index in [-0.39, 0.29) is 5.56 Å². The highest BCUT2D eigenvalue weighted by Gasteiger charge is 2.00. The summed E-state index contributed by atoms with van der Waals surface area (Å²) >= 11 is 0. The number of nitrogens with zero attached hydrogens (tertiary/aromatic N) is 2. The molecule has 3 rings (SSSR count). The number of hydrogen-bond acceptors (Lipinski definition) is 2. The molecule has 0 saturated carbocycles. The van der Waals surface area contributed by atoms with Gasteiger partial charge in [-0.1, -0.05) is 0 Å². The third-order valence-corrected chi connectivity index (χ3v) is 2.54. The van der Waals surface area contributed by atoms with Crippen molar-refractivity contribution in [1.29, 1.82) is 0 Å². The second-order valence-corrected chi connectivity index (χ2v) is 3.53. The van der Waals surface area contributed by atoms with E-state index in [1.54, 1.807) is 17.0 Å². The quantitative estimate of drug-likeness (QED) is 0.666. The highest BCUT2D eigenvalue weighted by atomic mass is 16.1. The Kier molecular flexibility index (Phi) is 1.86. The number of benzene rings is 1. The van der Waals surface area contributed by atoms with Gasteiger partial charge in [-0.25, -0.2) is 0 Å². The van der Waals surface area contributed by atoms with E-state index >= 15 is 0 Å². The molecule has 0 fully saturated rings. The summed E-state index contributed by atoms with van der Waals surface area (Å²) in [5, 5.41) is 1.08. The summed E-state index contributed by atoms with van der Waals surface area (Å²) in [5.74, 6) is 0. The van der Waals surface area contributed by atoms with Crippen LogP contribution in [-0.4, -0.2) is 14.5 Å². The Morgan fingerprint density at radius 1 is 1.25 bits per heavy atom. The van der Waals surface area contributed by atoms with Crippen LogP contribution >= 0.6 is 0 Å². The van der Waals surface area contributed by atoms with Crippen LogP contribution in [-0.2, 0) is 0 Å². The van der Waals surface area contributed by atoms with Crippen molar-refractivity contribution in [2.75, 3.05) is 0 Å². The number of fused-ring (bicyclic) bond motifs is 1. The molecule has 0 aliphatic heterocycles. The van der Waals surface area contributed by atoms with Gasteiger partial charge in [0.1, 0.15) is 0 Å². The molecule has 0 radical (unpaired) electrons. The maximum Gasteiger partial charge on any atom is 0.273 e. The molecule has 0 unspecified atom stereocenters. The summed E-state index contributed by atoms with van der Waals surface area (Å²) in [6.45, 7) is 0. The van der Waals surface area contributed by atoms with Crippen LogP contribution in [0.25, 0.3) is 16.6 Å². The third kappa shape index (κ3) is 1.32. The lowest BCUT2D eigenvalue weighted by atomic mass is 10.2. The van der Waals surface area contributed by atoms with E-state index in [0.29, 0.717) is 0 Å². The predicted octanol–water partition coefficient (Wildman–Crippen LogP) is 1.71. The first kappa shape index (κ1) is 8.91. The van der Waals surface area contributed by atoms with Crippen molar-refractivity contribution in [3.8, 4) is 5.69 Å². The molecule has 3 aromatic rings. The van der Waals surface area contributed by atoms with Gasteiger partial charge in [0.05, 0.1) is 6.20 Å². The van der Waals surface area contributed by atoms with Crippen molar-refractivity contribution in [2.45, 2.75) is 0 Å². The molecule has 2 aromatic heterocycles. The Morgan fingerprint density at radius 3 is 3.06 bits per heavy atom. The number of aromatic amines is 1. The molecular weight excluding hydrogens is 202 g/mol. The molecule has 0 spiro atoms. The monoisotopic (exact) mass is 211 g/mol. The molecule has 0 aliphatic rings. The molecule has 0 amide bonds. The van der Waals surface area contributed by atoms with Gasteiger partial charge >= 0.3 is 0 Å². The number of hydrogen-bond donors (Lipinski definition) is 1. The lowest BCUT2D eigenvalue weighted by molar-refractivity contribution is 0.958. The van der Waals surface area contributed by atoms with E-state index in [1.165, 1.54) is 6.20 Å². The number of H-pyrrole nitrogens is 1. The molecule has 0 aliphatic carbocycles. The van der Waals surface area contributed by atoms with Gasteiger partial charge in [0.25, 0.3) is 5.56 Å². The molecule has 0 saturated heterocycles. The fourth-order valence-corrected chi connectivity index (χ4v) is 1.75. The Morgan fingerprint density at radius 2 is 2.19 bits per heavy atom. The lowest BCUT2D eigenvalue weighted by Gasteiger charge is -2.04. The maximum absolute atomic E-state index is 11.6. The lowest BCUT2D eigenvalue weighted by Crippen LogP contribution is -2.16. The third-order valence-electron chi connectivity index (χ3n) is 2.54. The van der Waals surface area contributed by atoms with Crippen LogP contribution in [0, 0.1) is 0 Å². The van der Waals surface area contributed by atoms with Crippen molar-refractivity contribution in [1.82, 2.24) is 14.5 Å². The minimum atomic E-state index is -0.127. The Labute approximate surface area is 91.2 Å². The first-order chi connectivity index (χ1) is 7.84. The molecule has 4 heteroatoms. The summed E-state index contributed by atoms with van der Waals surface area (Å²) in [6, 6.07) is 7.80. The van der Waals surface area contributed by atoms with E-state index in [1.807, 2.05) is 30.5 Å². The maximum atomic E-state index is 11.6. The zero-order valence-corrected chi connectivity index (χ0v) is 8.42. The first-order valence-electron chi connectivity index (χ1n) is 4.95. The molecule has 1 N–H and O–H groups in total. The predicted molar refractivity (Wildman–Crippen MR) is 61.7 cm³/mol. The van der Waals surface area contributed by atoms with Crippen LogP contribution in [0.15, 0.2) is 53.8 Å². The van der Waals surface area contributed by atoms with Crippen LogP contribution in [0.1, 0.15) is 0 Å². The molecule has 78 valence electrons. The van der Waals surface area contributed by atoms with E-state index in [9.17, 15) is 4.79 Å². The second kappa shape index (κ2) is 3.34. The molecule has 2 heterocycles. The molecule has 0 atom stereocenters. The van der Waals surface area contributed by atoms with Crippen molar-refractivity contribution in [3.05, 3.63) is 59.4 Å².